The number of piperidine rings is 1. The minimum Gasteiger partial charge on any atom is -0.457 e. The second-order valence-electron chi connectivity index (χ2n) is 7.97. The SMILES string of the molecule is OCC1CCCCN1Cc1nc2ccc(Oc3ccc(C4=CC=NC4)cc3)cc2[nH]1. The second kappa shape index (κ2) is 8.42. The minimum absolute atomic E-state index is 0.210. The van der Waals surface area contributed by atoms with Crippen molar-refractivity contribution >= 4 is 22.8 Å². The molecule has 0 saturated carbocycles. The van der Waals surface area contributed by atoms with Gasteiger partial charge in [-0.25, -0.2) is 4.98 Å². The van der Waals surface area contributed by atoms with Crippen LogP contribution in [-0.4, -0.2) is 51.9 Å². The first kappa shape index (κ1) is 19.0. The van der Waals surface area contributed by atoms with Crippen molar-refractivity contribution in [1.82, 2.24) is 14.9 Å². The maximum absolute atomic E-state index is 9.64. The Morgan fingerprint density at radius 2 is 1.97 bits per heavy atom. The molecule has 1 fully saturated rings. The molecule has 1 saturated heterocycles. The minimum atomic E-state index is 0.210. The molecule has 2 N–H and O–H groups in total. The summed E-state index contributed by atoms with van der Waals surface area (Å²) in [7, 11) is 0. The lowest BCUT2D eigenvalue weighted by Crippen LogP contribution is -2.41. The molecule has 0 amide bonds. The third-order valence-electron chi connectivity index (χ3n) is 5.92. The standard InChI is InChI=1S/C24H26N4O2/c29-16-19-3-1-2-12-28(19)15-24-26-22-9-8-21(13-23(22)27-24)30-20-6-4-17(5-7-20)18-10-11-25-14-18/h4-11,13,19,29H,1-3,12,14-16H2,(H,26,27). The van der Waals surface area contributed by atoms with E-state index >= 15 is 0 Å². The number of likely N-dealkylation sites (tertiary alicyclic amines) is 1. The number of hydrogen-bond acceptors (Lipinski definition) is 5. The smallest absolute Gasteiger partial charge is 0.129 e. The number of aromatic nitrogens is 2. The summed E-state index contributed by atoms with van der Waals surface area (Å²) in [4.78, 5) is 14.7. The van der Waals surface area contributed by atoms with Gasteiger partial charge in [0.2, 0.25) is 0 Å². The summed E-state index contributed by atoms with van der Waals surface area (Å²) in [5.74, 6) is 2.51. The Bertz CT molecular complexity index is 1080. The van der Waals surface area contributed by atoms with Gasteiger partial charge in [-0.05, 0) is 60.9 Å². The molecule has 1 aromatic heterocycles. The Labute approximate surface area is 175 Å². The van der Waals surface area contributed by atoms with Gasteiger partial charge < -0.3 is 14.8 Å². The van der Waals surface area contributed by atoms with Crippen molar-refractivity contribution in [3.8, 4) is 11.5 Å². The van der Waals surface area contributed by atoms with Crippen LogP contribution in [0.4, 0.5) is 0 Å². The summed E-state index contributed by atoms with van der Waals surface area (Å²) in [6, 6.07) is 14.3. The average Bonchev–Trinajstić information content (AvgIpc) is 3.44. The Hall–Kier alpha value is -2.96. The van der Waals surface area contributed by atoms with Gasteiger partial charge in [-0.1, -0.05) is 18.6 Å². The number of imidazole rings is 1. The van der Waals surface area contributed by atoms with Gasteiger partial charge in [-0.2, -0.15) is 0 Å². The average molecular weight is 402 g/mol. The summed E-state index contributed by atoms with van der Waals surface area (Å²) in [6.07, 6.45) is 7.32. The van der Waals surface area contributed by atoms with Crippen LogP contribution in [0, 0.1) is 0 Å². The Morgan fingerprint density at radius 1 is 1.10 bits per heavy atom. The van der Waals surface area contributed by atoms with Gasteiger partial charge in [0.1, 0.15) is 17.3 Å². The van der Waals surface area contributed by atoms with E-state index in [9.17, 15) is 5.11 Å². The summed E-state index contributed by atoms with van der Waals surface area (Å²) < 4.78 is 6.06. The van der Waals surface area contributed by atoms with E-state index in [4.69, 9.17) is 9.72 Å². The van der Waals surface area contributed by atoms with Gasteiger partial charge in [-0.3, -0.25) is 9.89 Å². The second-order valence-corrected chi connectivity index (χ2v) is 7.97. The van der Waals surface area contributed by atoms with Crippen molar-refractivity contribution in [1.29, 1.82) is 0 Å². The number of nitrogens with one attached hydrogen (secondary N) is 1. The van der Waals surface area contributed by atoms with Gasteiger partial charge in [0, 0.05) is 18.3 Å². The van der Waals surface area contributed by atoms with Crippen molar-refractivity contribution in [2.45, 2.75) is 31.8 Å². The highest BCUT2D eigenvalue weighted by molar-refractivity contribution is 5.89. The predicted molar refractivity (Wildman–Crippen MR) is 119 cm³/mol. The van der Waals surface area contributed by atoms with Crippen LogP contribution >= 0.6 is 0 Å². The quantitative estimate of drug-likeness (QED) is 0.649. The largest absolute Gasteiger partial charge is 0.457 e. The molecular formula is C24H26N4O2. The van der Waals surface area contributed by atoms with Crippen molar-refractivity contribution in [2.24, 2.45) is 4.99 Å². The number of nitrogens with zero attached hydrogens (tertiary/aromatic N) is 3. The molecule has 2 aromatic carbocycles. The van der Waals surface area contributed by atoms with E-state index in [0.29, 0.717) is 0 Å². The number of allylic oxidation sites excluding steroid dienone is 1. The number of aliphatic hydroxyl groups excluding tert-OH is 1. The lowest BCUT2D eigenvalue weighted by Gasteiger charge is -2.33. The summed E-state index contributed by atoms with van der Waals surface area (Å²) >= 11 is 0. The lowest BCUT2D eigenvalue weighted by atomic mass is 10.0. The topological polar surface area (TPSA) is 73.7 Å². The number of fused-ring (bicyclic) bond motifs is 1. The maximum atomic E-state index is 9.64. The van der Waals surface area contributed by atoms with E-state index in [1.165, 1.54) is 24.0 Å². The normalized spacial score (nSPS) is 19.4. The zero-order chi connectivity index (χ0) is 20.3. The summed E-state index contributed by atoms with van der Waals surface area (Å²) in [5.41, 5.74) is 4.29. The number of aromatic amines is 1. The van der Waals surface area contributed by atoms with Crippen LogP contribution in [0.2, 0.25) is 0 Å². The fraction of sp³-hybridized carbons (Fsp3) is 0.333. The maximum Gasteiger partial charge on any atom is 0.129 e. The molecule has 1 unspecified atom stereocenters. The molecule has 6 heteroatoms. The van der Waals surface area contributed by atoms with Crippen LogP contribution in [0.5, 0.6) is 11.5 Å². The Kier molecular flexibility index (Phi) is 5.34. The van der Waals surface area contributed by atoms with Crippen LogP contribution in [0.3, 0.4) is 0 Å². The molecule has 1 atom stereocenters. The van der Waals surface area contributed by atoms with E-state index < -0.39 is 0 Å². The molecule has 154 valence electrons. The number of ether oxygens (including phenoxy) is 1. The van der Waals surface area contributed by atoms with Crippen LogP contribution in [-0.2, 0) is 6.54 Å². The van der Waals surface area contributed by atoms with Gasteiger partial charge >= 0.3 is 0 Å². The van der Waals surface area contributed by atoms with Gasteiger partial charge in [0.15, 0.2) is 0 Å². The van der Waals surface area contributed by atoms with Crippen molar-refractivity contribution in [3.05, 3.63) is 59.9 Å². The molecule has 5 rings (SSSR count). The molecule has 2 aliphatic rings. The third-order valence-corrected chi connectivity index (χ3v) is 5.92. The number of aliphatic imine (C=N–C) groups is 1. The number of H-pyrrole nitrogens is 1. The highest BCUT2D eigenvalue weighted by atomic mass is 16.5. The molecular weight excluding hydrogens is 376 g/mol. The number of benzene rings is 2. The molecule has 0 aliphatic carbocycles. The third kappa shape index (κ3) is 4.01. The van der Waals surface area contributed by atoms with Gasteiger partial charge in [-0.15, -0.1) is 0 Å². The molecule has 3 heterocycles. The molecule has 3 aromatic rings. The first-order valence-electron chi connectivity index (χ1n) is 10.6. The summed E-state index contributed by atoms with van der Waals surface area (Å²) in [6.45, 7) is 2.70. The monoisotopic (exact) mass is 402 g/mol. The van der Waals surface area contributed by atoms with E-state index in [0.717, 1.165) is 54.4 Å². The highest BCUT2D eigenvalue weighted by Gasteiger charge is 2.22. The van der Waals surface area contributed by atoms with Gasteiger partial charge in [0.25, 0.3) is 0 Å². The Morgan fingerprint density at radius 3 is 2.77 bits per heavy atom. The van der Waals surface area contributed by atoms with E-state index in [2.05, 4.69) is 27.0 Å². The van der Waals surface area contributed by atoms with Crippen LogP contribution in [0.1, 0.15) is 30.7 Å². The van der Waals surface area contributed by atoms with Crippen LogP contribution in [0.25, 0.3) is 16.6 Å². The van der Waals surface area contributed by atoms with E-state index in [1.54, 1.807) is 0 Å². The predicted octanol–water partition coefficient (Wildman–Crippen LogP) is 4.17. The van der Waals surface area contributed by atoms with Crippen molar-refractivity contribution < 1.29 is 9.84 Å². The molecule has 30 heavy (non-hydrogen) atoms. The Balaban J connectivity index is 1.29. The number of rotatable bonds is 6. The van der Waals surface area contributed by atoms with Crippen LogP contribution in [0.15, 0.2) is 53.5 Å². The van der Waals surface area contributed by atoms with Crippen LogP contribution < -0.4 is 4.74 Å². The molecule has 0 bridgehead atoms. The highest BCUT2D eigenvalue weighted by Crippen LogP contribution is 2.27. The molecule has 0 spiro atoms. The number of hydrogen-bond donors (Lipinski definition) is 2. The fourth-order valence-electron chi connectivity index (χ4n) is 4.25. The fourth-order valence-corrected chi connectivity index (χ4v) is 4.25. The lowest BCUT2D eigenvalue weighted by molar-refractivity contribution is 0.0822. The first-order chi connectivity index (χ1) is 14.8. The first-order valence-corrected chi connectivity index (χ1v) is 10.6. The van der Waals surface area contributed by atoms with E-state index in [1.807, 2.05) is 42.6 Å². The van der Waals surface area contributed by atoms with E-state index in [-0.39, 0.29) is 12.6 Å². The molecule has 0 radical (unpaired) electrons. The zero-order valence-electron chi connectivity index (χ0n) is 16.9. The van der Waals surface area contributed by atoms with Crippen molar-refractivity contribution in [3.63, 3.8) is 0 Å². The number of aliphatic hydroxyl groups is 1. The van der Waals surface area contributed by atoms with Crippen molar-refractivity contribution in [2.75, 3.05) is 19.7 Å². The summed E-state index contributed by atoms with van der Waals surface area (Å²) in [5, 5.41) is 9.64. The zero-order valence-corrected chi connectivity index (χ0v) is 16.9. The molecule has 2 aliphatic heterocycles. The molecule has 6 nitrogen and oxygen atoms in total. The van der Waals surface area contributed by atoms with Gasteiger partial charge in [0.05, 0.1) is 30.7 Å².